The van der Waals surface area contributed by atoms with Gasteiger partial charge in [-0.05, 0) is 96.5 Å². The SMILES string of the molecule is COc1cccc(CCc2ccc(OC)c(Oc3cc(CCc4ccc5c(c4)OCO5)cc(OC)c3OC)c2)c1. The van der Waals surface area contributed by atoms with Crippen LogP contribution in [0.25, 0.3) is 0 Å². The number of benzene rings is 4. The molecule has 7 heteroatoms. The number of rotatable bonds is 12. The van der Waals surface area contributed by atoms with E-state index in [4.69, 9.17) is 33.2 Å². The van der Waals surface area contributed by atoms with Gasteiger partial charge in [-0.1, -0.05) is 24.3 Å². The minimum absolute atomic E-state index is 0.265. The van der Waals surface area contributed by atoms with Gasteiger partial charge in [0.15, 0.2) is 34.5 Å². The molecule has 0 saturated heterocycles. The van der Waals surface area contributed by atoms with Crippen LogP contribution in [0.5, 0.6) is 46.0 Å². The molecule has 1 aliphatic heterocycles. The van der Waals surface area contributed by atoms with Crippen molar-refractivity contribution in [1.82, 2.24) is 0 Å². The van der Waals surface area contributed by atoms with E-state index in [2.05, 4.69) is 24.3 Å². The van der Waals surface area contributed by atoms with Crippen molar-refractivity contribution in [2.45, 2.75) is 25.7 Å². The van der Waals surface area contributed by atoms with Crippen LogP contribution in [0.2, 0.25) is 0 Å². The highest BCUT2D eigenvalue weighted by atomic mass is 16.7. The Morgan fingerprint density at radius 1 is 0.525 bits per heavy atom. The van der Waals surface area contributed by atoms with Crippen molar-refractivity contribution in [1.29, 1.82) is 0 Å². The fourth-order valence-electron chi connectivity index (χ4n) is 4.78. The Morgan fingerprint density at radius 3 is 1.93 bits per heavy atom. The quantitative estimate of drug-likeness (QED) is 0.195. The maximum Gasteiger partial charge on any atom is 0.231 e. The van der Waals surface area contributed by atoms with Crippen LogP contribution in [0.1, 0.15) is 22.3 Å². The molecule has 208 valence electrons. The first-order valence-electron chi connectivity index (χ1n) is 13.2. The highest BCUT2D eigenvalue weighted by Gasteiger charge is 2.18. The Kier molecular flexibility index (Phi) is 8.50. The molecule has 4 aromatic carbocycles. The van der Waals surface area contributed by atoms with Crippen LogP contribution in [0, 0.1) is 0 Å². The number of hydrogen-bond acceptors (Lipinski definition) is 7. The predicted molar refractivity (Wildman–Crippen MR) is 153 cm³/mol. The molecule has 0 N–H and O–H groups in total. The van der Waals surface area contributed by atoms with Gasteiger partial charge < -0.3 is 33.2 Å². The zero-order chi connectivity index (χ0) is 27.9. The fraction of sp³-hybridized carbons (Fsp3) is 0.273. The molecule has 0 fully saturated rings. The number of ether oxygens (including phenoxy) is 7. The lowest BCUT2D eigenvalue weighted by Crippen LogP contribution is -2.00. The minimum atomic E-state index is 0.265. The monoisotopic (exact) mass is 542 g/mol. The summed E-state index contributed by atoms with van der Waals surface area (Å²) < 4.78 is 39.8. The van der Waals surface area contributed by atoms with Gasteiger partial charge in [0.1, 0.15) is 5.75 Å². The van der Waals surface area contributed by atoms with Crippen molar-refractivity contribution in [2.75, 3.05) is 35.2 Å². The van der Waals surface area contributed by atoms with Crippen LogP contribution in [0.3, 0.4) is 0 Å². The van der Waals surface area contributed by atoms with Crippen molar-refractivity contribution < 1.29 is 33.2 Å². The van der Waals surface area contributed by atoms with Crippen molar-refractivity contribution in [3.05, 3.63) is 95.1 Å². The van der Waals surface area contributed by atoms with Gasteiger partial charge in [-0.15, -0.1) is 0 Å². The highest BCUT2D eigenvalue weighted by Crippen LogP contribution is 2.43. The van der Waals surface area contributed by atoms with E-state index in [-0.39, 0.29) is 6.79 Å². The summed E-state index contributed by atoms with van der Waals surface area (Å²) in [6, 6.07) is 24.2. The smallest absolute Gasteiger partial charge is 0.231 e. The van der Waals surface area contributed by atoms with Crippen molar-refractivity contribution in [3.63, 3.8) is 0 Å². The van der Waals surface area contributed by atoms with E-state index in [9.17, 15) is 0 Å². The van der Waals surface area contributed by atoms with E-state index in [1.54, 1.807) is 28.4 Å². The van der Waals surface area contributed by atoms with Gasteiger partial charge in [0, 0.05) is 0 Å². The third kappa shape index (κ3) is 6.20. The molecule has 0 amide bonds. The second kappa shape index (κ2) is 12.6. The Bertz CT molecular complexity index is 1460. The topological polar surface area (TPSA) is 64.6 Å². The Balaban J connectivity index is 1.37. The molecule has 5 rings (SSSR count). The second-order valence-electron chi connectivity index (χ2n) is 9.46. The van der Waals surface area contributed by atoms with Crippen molar-refractivity contribution in [3.8, 4) is 46.0 Å². The molecule has 7 nitrogen and oxygen atoms in total. The molecule has 0 bridgehead atoms. The van der Waals surface area contributed by atoms with Gasteiger partial charge in [-0.25, -0.2) is 0 Å². The third-order valence-electron chi connectivity index (χ3n) is 6.93. The van der Waals surface area contributed by atoms with Crippen LogP contribution in [-0.2, 0) is 25.7 Å². The molecule has 0 aliphatic carbocycles. The van der Waals surface area contributed by atoms with Crippen LogP contribution in [0.15, 0.2) is 72.8 Å². The summed E-state index contributed by atoms with van der Waals surface area (Å²) in [4.78, 5) is 0. The lowest BCUT2D eigenvalue weighted by atomic mass is 10.0. The molecule has 1 aliphatic rings. The summed E-state index contributed by atoms with van der Waals surface area (Å²) in [5.74, 6) is 5.36. The van der Waals surface area contributed by atoms with Crippen LogP contribution < -0.4 is 33.2 Å². The van der Waals surface area contributed by atoms with E-state index in [1.807, 2.05) is 48.5 Å². The minimum Gasteiger partial charge on any atom is -0.497 e. The summed E-state index contributed by atoms with van der Waals surface area (Å²) in [5.41, 5.74) is 4.55. The molecular weight excluding hydrogens is 508 g/mol. The van der Waals surface area contributed by atoms with E-state index < -0.39 is 0 Å². The van der Waals surface area contributed by atoms with E-state index in [0.717, 1.165) is 59.6 Å². The summed E-state index contributed by atoms with van der Waals surface area (Å²) in [5, 5.41) is 0. The van der Waals surface area contributed by atoms with Gasteiger partial charge in [0.2, 0.25) is 12.5 Å². The molecule has 0 atom stereocenters. The molecule has 40 heavy (non-hydrogen) atoms. The van der Waals surface area contributed by atoms with Crippen molar-refractivity contribution >= 4 is 0 Å². The number of hydrogen-bond donors (Lipinski definition) is 0. The van der Waals surface area contributed by atoms with Crippen LogP contribution in [0.4, 0.5) is 0 Å². The first-order chi connectivity index (χ1) is 19.6. The van der Waals surface area contributed by atoms with Gasteiger partial charge in [-0.3, -0.25) is 0 Å². The maximum absolute atomic E-state index is 6.46. The van der Waals surface area contributed by atoms with E-state index in [0.29, 0.717) is 28.7 Å². The Morgan fingerprint density at radius 2 is 1.18 bits per heavy atom. The summed E-state index contributed by atoms with van der Waals surface area (Å²) >= 11 is 0. The Labute approximate surface area is 235 Å². The van der Waals surface area contributed by atoms with Gasteiger partial charge >= 0.3 is 0 Å². The summed E-state index contributed by atoms with van der Waals surface area (Å²) in [6.45, 7) is 0.265. The zero-order valence-corrected chi connectivity index (χ0v) is 23.3. The van der Waals surface area contributed by atoms with E-state index >= 15 is 0 Å². The lowest BCUT2D eigenvalue weighted by Gasteiger charge is -2.18. The first-order valence-corrected chi connectivity index (χ1v) is 13.2. The summed E-state index contributed by atoms with van der Waals surface area (Å²) in [6.07, 6.45) is 3.29. The summed E-state index contributed by atoms with van der Waals surface area (Å²) in [7, 11) is 6.56. The molecule has 0 saturated carbocycles. The lowest BCUT2D eigenvalue weighted by molar-refractivity contribution is 0.174. The molecule has 0 unspecified atom stereocenters. The van der Waals surface area contributed by atoms with E-state index in [1.165, 1.54) is 5.56 Å². The normalized spacial score (nSPS) is 11.7. The molecule has 4 aromatic rings. The molecule has 1 heterocycles. The highest BCUT2D eigenvalue weighted by molar-refractivity contribution is 5.57. The first kappa shape index (κ1) is 27.1. The van der Waals surface area contributed by atoms with Crippen LogP contribution >= 0.6 is 0 Å². The van der Waals surface area contributed by atoms with Gasteiger partial charge in [-0.2, -0.15) is 0 Å². The van der Waals surface area contributed by atoms with Gasteiger partial charge in [0.05, 0.1) is 28.4 Å². The average Bonchev–Trinajstić information content (AvgIpc) is 3.47. The molecule has 0 aromatic heterocycles. The number of aryl methyl sites for hydroxylation is 4. The molecule has 0 radical (unpaired) electrons. The van der Waals surface area contributed by atoms with Crippen molar-refractivity contribution in [2.24, 2.45) is 0 Å². The number of methoxy groups -OCH3 is 4. The molecular formula is C33H34O7. The zero-order valence-electron chi connectivity index (χ0n) is 23.3. The second-order valence-corrected chi connectivity index (χ2v) is 9.46. The largest absolute Gasteiger partial charge is 0.497 e. The Hall–Kier alpha value is -4.52. The maximum atomic E-state index is 6.46. The van der Waals surface area contributed by atoms with Gasteiger partial charge in [0.25, 0.3) is 0 Å². The third-order valence-corrected chi connectivity index (χ3v) is 6.93. The van der Waals surface area contributed by atoms with Crippen LogP contribution in [-0.4, -0.2) is 35.2 Å². The standard InChI is InChI=1S/C33H34O7/c1-34-26-7-5-6-22(16-26)8-9-24-12-14-27(35-2)30(18-24)40-32-20-25(19-31(36-3)33(32)37-4)11-10-23-13-15-28-29(17-23)39-21-38-28/h5-7,12-20H,8-11,21H2,1-4H3. The predicted octanol–water partition coefficient (Wildman–Crippen LogP) is 6.81. The average molecular weight is 543 g/mol. The number of fused-ring (bicyclic) bond motifs is 1. The fourth-order valence-corrected chi connectivity index (χ4v) is 4.78. The molecule has 0 spiro atoms.